The highest BCUT2D eigenvalue weighted by Crippen LogP contribution is 2.41. The zero-order valence-corrected chi connectivity index (χ0v) is 49.8. The van der Waals surface area contributed by atoms with Crippen LogP contribution < -0.4 is 29.9 Å². The van der Waals surface area contributed by atoms with Gasteiger partial charge in [-0.3, -0.25) is 19.3 Å². The second-order valence-electron chi connectivity index (χ2n) is 23.2. The molecule has 5 aliphatic rings. The molecule has 0 radical (unpaired) electrons. The van der Waals surface area contributed by atoms with Crippen molar-refractivity contribution in [2.24, 2.45) is 5.92 Å². The number of benzene rings is 4. The molecule has 6 heterocycles. The van der Waals surface area contributed by atoms with Crippen LogP contribution in [0.2, 0.25) is 0 Å². The van der Waals surface area contributed by atoms with E-state index in [0.717, 1.165) is 150 Å². The fourth-order valence-electron chi connectivity index (χ4n) is 13.0. The number of phenolic OH excluding ortho intramolecular Hbond substituents is 1. The van der Waals surface area contributed by atoms with Crippen LogP contribution in [0.15, 0.2) is 90.8 Å². The van der Waals surface area contributed by atoms with Crippen LogP contribution in [0.1, 0.15) is 93.9 Å². The molecule has 6 aromatic rings. The summed E-state index contributed by atoms with van der Waals surface area (Å²) in [7, 11) is 1.77. The van der Waals surface area contributed by atoms with E-state index in [9.17, 15) is 19.5 Å². The van der Waals surface area contributed by atoms with Crippen LogP contribution in [-0.2, 0) is 36.8 Å². The summed E-state index contributed by atoms with van der Waals surface area (Å²) < 4.78 is 25.2. The molecular weight excluding hydrogens is 1080 g/mol. The average Bonchev–Trinajstić information content (AvgIpc) is 4.35. The standard InChI is InChI=1S/C65H82N10O8S/c1-5-59(77)72-30-32-73(33-31-72)61-53-25-29-74(57-39-47(76)38-46-16-9-10-17-49(46)57)41-54(53)68-65(70-61)83-43(2)40-71-27-23-48(24-28-71)81-36-34-80-35-37-82-58-22-21-51(50-18-11-12-19-52(50)58)55-42-84-63(67-55)56-20-13-26-75(56)64(79)60(45-14-7-6-8-15-45)69-62(78)44(3)66-4/h5,9-12,16-19,21-22,38-39,42-45,48,56,60,66,76H,1,6-8,13-15,20,23-37,40-41H2,2-4H3,(H,69,78)/t43?,44?,56-,60?/m0/s1. The minimum absolute atomic E-state index is 0.0176. The first kappa shape index (κ1) is 58.9. The fourth-order valence-corrected chi connectivity index (χ4v) is 14.0. The van der Waals surface area contributed by atoms with Gasteiger partial charge in [0, 0.05) is 97.9 Å². The third-order valence-corrected chi connectivity index (χ3v) is 18.6. The van der Waals surface area contributed by atoms with Crippen LogP contribution in [0.4, 0.5) is 11.5 Å². The number of hydrogen-bond acceptors (Lipinski definition) is 16. The molecule has 3 unspecified atom stereocenters. The molecule has 3 amide bonds. The molecule has 0 spiro atoms. The second kappa shape index (κ2) is 27.4. The Hall–Kier alpha value is -6.90. The number of hydrogen-bond donors (Lipinski definition) is 3. The van der Waals surface area contributed by atoms with E-state index in [0.29, 0.717) is 71.7 Å². The van der Waals surface area contributed by atoms with E-state index in [1.165, 1.54) is 12.5 Å². The molecule has 0 bridgehead atoms. The number of nitrogens with zero attached hydrogens (tertiary/aromatic N) is 8. The maximum atomic E-state index is 14.4. The van der Waals surface area contributed by atoms with Crippen LogP contribution in [0, 0.1) is 5.92 Å². The Morgan fingerprint density at radius 2 is 1.56 bits per heavy atom. The minimum Gasteiger partial charge on any atom is -0.508 e. The summed E-state index contributed by atoms with van der Waals surface area (Å²) in [5.41, 5.74) is 4.88. The maximum Gasteiger partial charge on any atom is 0.318 e. The van der Waals surface area contributed by atoms with E-state index in [1.807, 2.05) is 59.2 Å². The fraction of sp³-hybridized carbons (Fsp3) is 0.508. The predicted octanol–water partition coefficient (Wildman–Crippen LogP) is 8.69. The van der Waals surface area contributed by atoms with Gasteiger partial charge in [-0.15, -0.1) is 11.3 Å². The van der Waals surface area contributed by atoms with E-state index < -0.39 is 6.04 Å². The minimum atomic E-state index is -0.531. The lowest BCUT2D eigenvalue weighted by Crippen LogP contribution is -2.55. The number of fused-ring (bicyclic) bond motifs is 3. The predicted molar refractivity (Wildman–Crippen MR) is 329 cm³/mol. The number of piperidine rings is 1. The summed E-state index contributed by atoms with van der Waals surface area (Å²) in [6.07, 6.45) is 10.9. The van der Waals surface area contributed by atoms with Crippen molar-refractivity contribution in [2.75, 3.05) is 102 Å². The number of likely N-dealkylation sites (tertiary alicyclic amines) is 2. The second-order valence-corrected chi connectivity index (χ2v) is 24.1. The summed E-state index contributed by atoms with van der Waals surface area (Å²) in [6.45, 7) is 16.3. The van der Waals surface area contributed by atoms with Crippen molar-refractivity contribution in [2.45, 2.75) is 115 Å². The molecule has 446 valence electrons. The Bertz CT molecular complexity index is 3270. The Kier molecular flexibility index (Phi) is 19.2. The van der Waals surface area contributed by atoms with Crippen LogP contribution in [-0.4, -0.2) is 169 Å². The number of nitrogens with one attached hydrogen (secondary N) is 2. The van der Waals surface area contributed by atoms with Gasteiger partial charge in [0.05, 0.1) is 55.9 Å². The van der Waals surface area contributed by atoms with Crippen LogP contribution >= 0.6 is 11.3 Å². The topological polar surface area (TPSA) is 187 Å². The third-order valence-electron chi connectivity index (χ3n) is 17.7. The van der Waals surface area contributed by atoms with E-state index in [2.05, 4.69) is 68.5 Å². The normalized spacial score (nSPS) is 19.3. The number of rotatable bonds is 22. The van der Waals surface area contributed by atoms with Crippen molar-refractivity contribution in [1.29, 1.82) is 0 Å². The number of piperazine rings is 1. The van der Waals surface area contributed by atoms with E-state index >= 15 is 0 Å². The van der Waals surface area contributed by atoms with Crippen molar-refractivity contribution in [3.8, 4) is 28.8 Å². The highest BCUT2D eigenvalue weighted by atomic mass is 32.1. The molecule has 4 aliphatic heterocycles. The summed E-state index contributed by atoms with van der Waals surface area (Å²) in [5.74, 6) is 1.85. The lowest BCUT2D eigenvalue weighted by molar-refractivity contribution is -0.139. The monoisotopic (exact) mass is 1160 g/mol. The van der Waals surface area contributed by atoms with Gasteiger partial charge in [-0.2, -0.15) is 9.97 Å². The largest absolute Gasteiger partial charge is 0.508 e. The smallest absolute Gasteiger partial charge is 0.318 e. The van der Waals surface area contributed by atoms with Gasteiger partial charge in [0.15, 0.2) is 0 Å². The van der Waals surface area contributed by atoms with Gasteiger partial charge in [0.25, 0.3) is 0 Å². The Labute approximate surface area is 497 Å². The summed E-state index contributed by atoms with van der Waals surface area (Å²) in [5, 5.41) is 24.0. The first-order chi connectivity index (χ1) is 41.0. The van der Waals surface area contributed by atoms with Crippen molar-refractivity contribution < 1.29 is 38.4 Å². The Morgan fingerprint density at radius 1 is 0.798 bits per heavy atom. The maximum absolute atomic E-state index is 14.4. The molecule has 84 heavy (non-hydrogen) atoms. The highest BCUT2D eigenvalue weighted by molar-refractivity contribution is 7.10. The molecule has 1 aliphatic carbocycles. The average molecular weight is 1160 g/mol. The molecule has 4 atom stereocenters. The van der Waals surface area contributed by atoms with Gasteiger partial charge in [0.2, 0.25) is 17.7 Å². The summed E-state index contributed by atoms with van der Waals surface area (Å²) >= 11 is 1.60. The van der Waals surface area contributed by atoms with Gasteiger partial charge in [0.1, 0.15) is 41.1 Å². The van der Waals surface area contributed by atoms with E-state index in [-0.39, 0.29) is 53.7 Å². The first-order valence-electron chi connectivity index (χ1n) is 30.5. The zero-order valence-electron chi connectivity index (χ0n) is 49.0. The summed E-state index contributed by atoms with van der Waals surface area (Å²) in [6, 6.07) is 23.4. The van der Waals surface area contributed by atoms with Gasteiger partial charge >= 0.3 is 6.01 Å². The number of amides is 3. The van der Waals surface area contributed by atoms with Crippen molar-refractivity contribution in [3.63, 3.8) is 0 Å². The molecule has 3 N–H and O–H groups in total. The van der Waals surface area contributed by atoms with Crippen LogP contribution in [0.25, 0.3) is 32.8 Å². The third kappa shape index (κ3) is 13.6. The molecule has 2 aromatic heterocycles. The molecule has 19 heteroatoms. The van der Waals surface area contributed by atoms with Gasteiger partial charge < -0.3 is 54.3 Å². The molecule has 4 aromatic carbocycles. The van der Waals surface area contributed by atoms with Crippen molar-refractivity contribution in [3.05, 3.63) is 107 Å². The van der Waals surface area contributed by atoms with Gasteiger partial charge in [-0.25, -0.2) is 4.98 Å². The lowest BCUT2D eigenvalue weighted by atomic mass is 9.83. The Morgan fingerprint density at radius 3 is 2.35 bits per heavy atom. The Balaban J connectivity index is 0.637. The molecule has 4 fully saturated rings. The number of carbonyl (C=O) groups is 3. The number of likely N-dealkylation sites (N-methyl/N-ethyl adjacent to an activating group) is 1. The van der Waals surface area contributed by atoms with Crippen LogP contribution in [0.5, 0.6) is 17.5 Å². The van der Waals surface area contributed by atoms with E-state index in [1.54, 1.807) is 24.5 Å². The number of anilines is 2. The molecule has 3 saturated heterocycles. The first-order valence-corrected chi connectivity index (χ1v) is 31.4. The molecule has 11 rings (SSSR count). The quantitative estimate of drug-likeness (QED) is 0.0433. The number of aromatic hydroxyl groups is 1. The van der Waals surface area contributed by atoms with E-state index in [4.69, 9.17) is 33.9 Å². The van der Waals surface area contributed by atoms with Gasteiger partial charge in [-0.1, -0.05) is 74.4 Å². The molecule has 18 nitrogen and oxygen atoms in total. The number of phenols is 1. The zero-order chi connectivity index (χ0) is 58.1. The summed E-state index contributed by atoms with van der Waals surface area (Å²) in [4.78, 5) is 66.1. The molecular formula is C65H82N10O8S. The number of thiazole rings is 1. The van der Waals surface area contributed by atoms with Crippen molar-refractivity contribution >= 4 is 62.1 Å². The van der Waals surface area contributed by atoms with Gasteiger partial charge in [-0.05, 0) is 107 Å². The molecule has 1 saturated carbocycles. The number of carbonyl (C=O) groups excluding carboxylic acids is 3. The van der Waals surface area contributed by atoms with Crippen LogP contribution in [0.3, 0.4) is 0 Å². The highest BCUT2D eigenvalue weighted by Gasteiger charge is 2.40. The lowest BCUT2D eigenvalue weighted by Gasteiger charge is -2.38. The number of aromatic nitrogens is 3. The van der Waals surface area contributed by atoms with Crippen molar-refractivity contribution in [1.82, 2.24) is 40.3 Å². The number of ether oxygens (including phenoxy) is 4. The SMILES string of the molecule is C=CC(=O)N1CCN(c2nc(OC(C)CN3CCC(OCCOCCOc4ccc(-c5csc([C@@H]6CCCN6C(=O)C(NC(=O)C(C)NC)C6CCCCC6)n5)c5ccccc45)CC3)nc3c2CCN(c2cc(O)cc4ccccc24)C3)CC1.